The average Bonchev–Trinajstić information content (AvgIpc) is 2.28. The molecule has 1 aromatic rings. The van der Waals surface area contributed by atoms with E-state index in [9.17, 15) is 9.50 Å². The second kappa shape index (κ2) is 6.92. The first kappa shape index (κ1) is 13.5. The minimum Gasteiger partial charge on any atom is -0.392 e. The highest BCUT2D eigenvalue weighted by Gasteiger charge is 2.09. The maximum Gasteiger partial charge on any atom is 0.123 e. The van der Waals surface area contributed by atoms with Gasteiger partial charge >= 0.3 is 0 Å². The Labute approximate surface area is 101 Å². The molecule has 0 amide bonds. The molecule has 2 unspecified atom stereocenters. The zero-order valence-electron chi connectivity index (χ0n) is 9.82. The number of hydrogen-bond acceptors (Lipinski definition) is 2. The van der Waals surface area contributed by atoms with Crippen LogP contribution in [0.25, 0.3) is 0 Å². The summed E-state index contributed by atoms with van der Waals surface area (Å²) >= 11 is 1.57. The molecule has 0 aromatic heterocycles. The van der Waals surface area contributed by atoms with E-state index in [4.69, 9.17) is 0 Å². The molecule has 1 aromatic carbocycles. The van der Waals surface area contributed by atoms with Crippen LogP contribution in [-0.2, 0) is 0 Å². The van der Waals surface area contributed by atoms with Gasteiger partial charge in [-0.25, -0.2) is 4.39 Å². The number of hydrogen-bond donors (Lipinski definition) is 1. The summed E-state index contributed by atoms with van der Waals surface area (Å²) in [5.74, 6) is 1.02. The number of rotatable bonds is 6. The number of aliphatic hydroxyl groups is 1. The van der Waals surface area contributed by atoms with Crippen LogP contribution < -0.4 is 0 Å². The van der Waals surface area contributed by atoms with E-state index in [1.165, 1.54) is 12.1 Å². The third-order valence-electron chi connectivity index (χ3n) is 2.63. The zero-order chi connectivity index (χ0) is 12.0. The van der Waals surface area contributed by atoms with E-state index < -0.39 is 0 Å². The smallest absolute Gasteiger partial charge is 0.123 e. The second-order valence-corrected chi connectivity index (χ2v) is 5.26. The van der Waals surface area contributed by atoms with Crippen LogP contribution >= 0.6 is 11.8 Å². The molecule has 1 rings (SSSR count). The number of halogens is 1. The highest BCUT2D eigenvalue weighted by Crippen LogP contribution is 2.21. The minimum absolute atomic E-state index is 0.218. The van der Waals surface area contributed by atoms with Crippen molar-refractivity contribution in [2.45, 2.75) is 37.7 Å². The quantitative estimate of drug-likeness (QED) is 0.767. The summed E-state index contributed by atoms with van der Waals surface area (Å²) in [5.41, 5.74) is 0. The van der Waals surface area contributed by atoms with Gasteiger partial charge in [0.05, 0.1) is 6.10 Å². The van der Waals surface area contributed by atoms with E-state index in [2.05, 4.69) is 13.8 Å². The first-order chi connectivity index (χ1) is 7.61. The molecule has 0 fully saturated rings. The third-order valence-corrected chi connectivity index (χ3v) is 3.78. The molecule has 0 saturated heterocycles. The van der Waals surface area contributed by atoms with Gasteiger partial charge in [-0.1, -0.05) is 20.3 Å². The molecule has 0 radical (unpaired) electrons. The van der Waals surface area contributed by atoms with Crippen LogP contribution in [-0.4, -0.2) is 17.0 Å². The van der Waals surface area contributed by atoms with Gasteiger partial charge in [0.25, 0.3) is 0 Å². The topological polar surface area (TPSA) is 20.2 Å². The summed E-state index contributed by atoms with van der Waals surface area (Å²) in [6.07, 6.45) is 1.66. The molecule has 0 aliphatic rings. The average molecular weight is 242 g/mol. The van der Waals surface area contributed by atoms with Crippen LogP contribution in [0.2, 0.25) is 0 Å². The van der Waals surface area contributed by atoms with Crippen molar-refractivity contribution in [3.63, 3.8) is 0 Å². The van der Waals surface area contributed by atoms with Crippen molar-refractivity contribution in [2.75, 3.05) is 5.75 Å². The van der Waals surface area contributed by atoms with Crippen LogP contribution in [0.1, 0.15) is 26.7 Å². The summed E-state index contributed by atoms with van der Waals surface area (Å²) in [6, 6.07) is 6.39. The molecule has 2 atom stereocenters. The van der Waals surface area contributed by atoms with Gasteiger partial charge in [0.1, 0.15) is 5.82 Å². The minimum atomic E-state index is -0.273. The highest BCUT2D eigenvalue weighted by molar-refractivity contribution is 7.99. The van der Waals surface area contributed by atoms with Gasteiger partial charge in [0, 0.05) is 10.6 Å². The monoisotopic (exact) mass is 242 g/mol. The molecule has 90 valence electrons. The van der Waals surface area contributed by atoms with Crippen molar-refractivity contribution in [1.82, 2.24) is 0 Å². The van der Waals surface area contributed by atoms with Crippen LogP contribution in [0.15, 0.2) is 29.2 Å². The van der Waals surface area contributed by atoms with Gasteiger partial charge in [-0.15, -0.1) is 11.8 Å². The van der Waals surface area contributed by atoms with E-state index in [1.807, 2.05) is 0 Å². The van der Waals surface area contributed by atoms with Gasteiger partial charge in [-0.3, -0.25) is 0 Å². The summed E-state index contributed by atoms with van der Waals surface area (Å²) in [7, 11) is 0. The SMILES string of the molecule is CCC(C)CC(O)CSc1ccc(F)cc1. The third kappa shape index (κ3) is 4.99. The lowest BCUT2D eigenvalue weighted by atomic mass is 10.0. The summed E-state index contributed by atoms with van der Waals surface area (Å²) in [4.78, 5) is 1.00. The lowest BCUT2D eigenvalue weighted by Gasteiger charge is -2.14. The maximum absolute atomic E-state index is 12.6. The van der Waals surface area contributed by atoms with Gasteiger partial charge in [-0.2, -0.15) is 0 Å². The largest absolute Gasteiger partial charge is 0.392 e. The van der Waals surface area contributed by atoms with Crippen LogP contribution in [0.3, 0.4) is 0 Å². The highest BCUT2D eigenvalue weighted by atomic mass is 32.2. The molecule has 0 heterocycles. The van der Waals surface area contributed by atoms with Crippen LogP contribution in [0.5, 0.6) is 0 Å². The zero-order valence-corrected chi connectivity index (χ0v) is 10.6. The van der Waals surface area contributed by atoms with E-state index in [-0.39, 0.29) is 11.9 Å². The van der Waals surface area contributed by atoms with Gasteiger partial charge < -0.3 is 5.11 Å². The van der Waals surface area contributed by atoms with E-state index in [1.54, 1.807) is 23.9 Å². The lowest BCUT2D eigenvalue weighted by Crippen LogP contribution is -2.13. The van der Waals surface area contributed by atoms with E-state index in [0.717, 1.165) is 17.7 Å². The van der Waals surface area contributed by atoms with Gasteiger partial charge in [0.15, 0.2) is 0 Å². The Kier molecular flexibility index (Phi) is 5.85. The molecule has 1 N–H and O–H groups in total. The van der Waals surface area contributed by atoms with E-state index in [0.29, 0.717) is 11.7 Å². The van der Waals surface area contributed by atoms with Crippen molar-refractivity contribution in [3.8, 4) is 0 Å². The Bertz CT molecular complexity index is 299. The molecule has 0 saturated carbocycles. The Morgan fingerprint density at radius 1 is 1.31 bits per heavy atom. The number of thioether (sulfide) groups is 1. The lowest BCUT2D eigenvalue weighted by molar-refractivity contribution is 0.167. The number of benzene rings is 1. The van der Waals surface area contributed by atoms with Gasteiger partial charge in [0.2, 0.25) is 0 Å². The molecule has 0 spiro atoms. The summed E-state index contributed by atoms with van der Waals surface area (Å²) in [5, 5.41) is 9.77. The first-order valence-electron chi connectivity index (χ1n) is 5.68. The second-order valence-electron chi connectivity index (χ2n) is 4.17. The van der Waals surface area contributed by atoms with Crippen molar-refractivity contribution in [3.05, 3.63) is 30.1 Å². The van der Waals surface area contributed by atoms with Crippen molar-refractivity contribution >= 4 is 11.8 Å². The van der Waals surface area contributed by atoms with E-state index >= 15 is 0 Å². The van der Waals surface area contributed by atoms with Crippen molar-refractivity contribution < 1.29 is 9.50 Å². The molecule has 0 bridgehead atoms. The standard InChI is InChI=1S/C13H19FOS/c1-3-10(2)8-12(15)9-16-13-6-4-11(14)5-7-13/h4-7,10,12,15H,3,8-9H2,1-2H3. The molecular formula is C13H19FOS. The maximum atomic E-state index is 12.6. The fourth-order valence-corrected chi connectivity index (χ4v) is 2.27. The van der Waals surface area contributed by atoms with Crippen LogP contribution in [0, 0.1) is 11.7 Å². The summed E-state index contributed by atoms with van der Waals surface area (Å²) < 4.78 is 12.6. The first-order valence-corrected chi connectivity index (χ1v) is 6.66. The molecule has 0 aliphatic carbocycles. The summed E-state index contributed by atoms with van der Waals surface area (Å²) in [6.45, 7) is 4.27. The Morgan fingerprint density at radius 3 is 2.50 bits per heavy atom. The Balaban J connectivity index is 2.31. The predicted molar refractivity (Wildman–Crippen MR) is 67.2 cm³/mol. The molecule has 1 nitrogen and oxygen atoms in total. The number of aliphatic hydroxyl groups excluding tert-OH is 1. The molecule has 0 aliphatic heterocycles. The normalized spacial score (nSPS) is 14.8. The van der Waals surface area contributed by atoms with Crippen LogP contribution in [0.4, 0.5) is 4.39 Å². The van der Waals surface area contributed by atoms with Crippen molar-refractivity contribution in [1.29, 1.82) is 0 Å². The predicted octanol–water partition coefficient (Wildman–Crippen LogP) is 3.71. The van der Waals surface area contributed by atoms with Crippen molar-refractivity contribution in [2.24, 2.45) is 5.92 Å². The molecular weight excluding hydrogens is 223 g/mol. The Morgan fingerprint density at radius 2 is 1.94 bits per heavy atom. The fraction of sp³-hybridized carbons (Fsp3) is 0.538. The Hall–Kier alpha value is -0.540. The van der Waals surface area contributed by atoms with Gasteiger partial charge in [-0.05, 0) is 36.6 Å². The molecule has 3 heteroatoms. The fourth-order valence-electron chi connectivity index (χ4n) is 1.42. The molecule has 16 heavy (non-hydrogen) atoms.